The zero-order valence-electron chi connectivity index (χ0n) is 12.5. The number of hydrogen-bond donors (Lipinski definition) is 2. The molecule has 21 heavy (non-hydrogen) atoms. The van der Waals surface area contributed by atoms with E-state index in [1.807, 2.05) is 29.6 Å². The summed E-state index contributed by atoms with van der Waals surface area (Å²) in [7, 11) is 0. The van der Waals surface area contributed by atoms with Crippen LogP contribution in [0.1, 0.15) is 20.8 Å². The molecule has 1 atom stereocenters. The average Bonchev–Trinajstić information content (AvgIpc) is 2.97. The first-order valence-corrected chi connectivity index (χ1v) is 7.71. The molecule has 0 saturated carbocycles. The Labute approximate surface area is 129 Å². The molecule has 1 aromatic carbocycles. The van der Waals surface area contributed by atoms with Crippen molar-refractivity contribution in [2.45, 2.75) is 32.4 Å². The van der Waals surface area contributed by atoms with E-state index < -0.39 is 6.10 Å². The van der Waals surface area contributed by atoms with Gasteiger partial charge in [0.25, 0.3) is 0 Å². The van der Waals surface area contributed by atoms with E-state index in [4.69, 9.17) is 4.74 Å². The predicted octanol–water partition coefficient (Wildman–Crippen LogP) is 2.33. The zero-order valence-corrected chi connectivity index (χ0v) is 13.4. The number of nitrogens with zero attached hydrogens (tertiary/aromatic N) is 2. The van der Waals surface area contributed by atoms with Gasteiger partial charge in [-0.1, -0.05) is 4.49 Å². The average molecular weight is 307 g/mol. The number of rotatable bonds is 6. The molecule has 0 radical (unpaired) electrons. The Morgan fingerprint density at radius 2 is 2.00 bits per heavy atom. The second kappa shape index (κ2) is 6.98. The van der Waals surface area contributed by atoms with Gasteiger partial charge in [-0.05, 0) is 56.6 Å². The van der Waals surface area contributed by atoms with Crippen LogP contribution in [0.2, 0.25) is 0 Å². The molecule has 1 aromatic heterocycles. The maximum atomic E-state index is 9.87. The Hall–Kier alpha value is -1.50. The number of benzene rings is 1. The van der Waals surface area contributed by atoms with E-state index in [9.17, 15) is 5.11 Å². The molecule has 114 valence electrons. The molecule has 0 bridgehead atoms. The zero-order chi connectivity index (χ0) is 15.3. The van der Waals surface area contributed by atoms with Gasteiger partial charge in [-0.2, -0.15) is 0 Å². The van der Waals surface area contributed by atoms with Crippen molar-refractivity contribution in [3.8, 4) is 17.0 Å². The topological polar surface area (TPSA) is 67.3 Å². The van der Waals surface area contributed by atoms with Crippen molar-refractivity contribution in [1.82, 2.24) is 14.9 Å². The highest BCUT2D eigenvalue weighted by atomic mass is 32.1. The van der Waals surface area contributed by atoms with Crippen molar-refractivity contribution in [2.75, 3.05) is 13.2 Å². The standard InChI is InChI=1S/C15H21N3O2S/c1-15(2,3)16-8-12(19)9-20-13-6-4-11(5-7-13)14-10-21-18-17-14/h4-7,10,12,16,19H,8-9H2,1-3H3/t12-/m1/s1. The first-order chi connectivity index (χ1) is 9.94. The van der Waals surface area contributed by atoms with Crippen molar-refractivity contribution in [3.63, 3.8) is 0 Å². The lowest BCUT2D eigenvalue weighted by atomic mass is 10.1. The largest absolute Gasteiger partial charge is 0.491 e. The van der Waals surface area contributed by atoms with Crippen molar-refractivity contribution in [2.24, 2.45) is 0 Å². The summed E-state index contributed by atoms with van der Waals surface area (Å²) in [4.78, 5) is 0. The van der Waals surface area contributed by atoms with Gasteiger partial charge < -0.3 is 15.2 Å². The molecular formula is C15H21N3O2S. The molecule has 0 amide bonds. The van der Waals surface area contributed by atoms with E-state index in [-0.39, 0.29) is 12.1 Å². The van der Waals surface area contributed by atoms with E-state index in [0.29, 0.717) is 6.54 Å². The van der Waals surface area contributed by atoms with Gasteiger partial charge in [-0.25, -0.2) is 0 Å². The first-order valence-electron chi connectivity index (χ1n) is 6.87. The lowest BCUT2D eigenvalue weighted by molar-refractivity contribution is 0.100. The van der Waals surface area contributed by atoms with Crippen LogP contribution in [0, 0.1) is 0 Å². The number of ether oxygens (including phenoxy) is 1. The molecule has 2 rings (SSSR count). The van der Waals surface area contributed by atoms with Crippen LogP contribution in [-0.4, -0.2) is 39.5 Å². The lowest BCUT2D eigenvalue weighted by Crippen LogP contribution is -2.42. The van der Waals surface area contributed by atoms with Gasteiger partial charge in [0.05, 0.1) is 0 Å². The van der Waals surface area contributed by atoms with Crippen molar-refractivity contribution >= 4 is 11.5 Å². The second-order valence-electron chi connectivity index (χ2n) is 5.91. The maximum Gasteiger partial charge on any atom is 0.119 e. The molecule has 2 N–H and O–H groups in total. The van der Waals surface area contributed by atoms with Crippen LogP contribution in [0.25, 0.3) is 11.3 Å². The minimum atomic E-state index is -0.536. The van der Waals surface area contributed by atoms with Gasteiger partial charge in [-0.3, -0.25) is 0 Å². The minimum absolute atomic E-state index is 0.00972. The van der Waals surface area contributed by atoms with Gasteiger partial charge in [0.1, 0.15) is 24.2 Å². The first kappa shape index (κ1) is 15.9. The third-order valence-corrected chi connectivity index (χ3v) is 3.33. The van der Waals surface area contributed by atoms with Gasteiger partial charge in [0, 0.05) is 23.0 Å². The number of hydrogen-bond acceptors (Lipinski definition) is 6. The molecule has 5 nitrogen and oxygen atoms in total. The third kappa shape index (κ3) is 5.41. The third-order valence-electron chi connectivity index (χ3n) is 2.82. The Morgan fingerprint density at radius 1 is 1.29 bits per heavy atom. The van der Waals surface area contributed by atoms with Crippen LogP contribution >= 0.6 is 11.5 Å². The van der Waals surface area contributed by atoms with Crippen molar-refractivity contribution < 1.29 is 9.84 Å². The summed E-state index contributed by atoms with van der Waals surface area (Å²) in [5, 5.41) is 19.0. The number of aliphatic hydroxyl groups is 1. The summed E-state index contributed by atoms with van der Waals surface area (Å²) < 4.78 is 9.42. The number of β-amino-alcohol motifs (C(OH)–C–C–N with tert-alkyl or cyclic N) is 1. The van der Waals surface area contributed by atoms with Gasteiger partial charge >= 0.3 is 0 Å². The van der Waals surface area contributed by atoms with Crippen molar-refractivity contribution in [3.05, 3.63) is 29.6 Å². The van der Waals surface area contributed by atoms with Crippen LogP contribution in [0.15, 0.2) is 29.6 Å². The van der Waals surface area contributed by atoms with Crippen LogP contribution in [0.5, 0.6) is 5.75 Å². The minimum Gasteiger partial charge on any atom is -0.491 e. The molecule has 0 aliphatic heterocycles. The van der Waals surface area contributed by atoms with Gasteiger partial charge in [0.15, 0.2) is 0 Å². The fourth-order valence-corrected chi connectivity index (χ4v) is 2.15. The van der Waals surface area contributed by atoms with Crippen LogP contribution in [0.4, 0.5) is 0 Å². The SMILES string of the molecule is CC(C)(C)NC[C@@H](O)COc1ccc(-c2csnn2)cc1. The monoisotopic (exact) mass is 307 g/mol. The van der Waals surface area contributed by atoms with Gasteiger partial charge in [-0.15, -0.1) is 5.10 Å². The molecular weight excluding hydrogens is 286 g/mol. The number of aromatic nitrogens is 2. The Balaban J connectivity index is 1.81. The number of nitrogens with one attached hydrogen (secondary N) is 1. The molecule has 6 heteroatoms. The molecule has 0 aliphatic carbocycles. The van der Waals surface area contributed by atoms with Crippen molar-refractivity contribution in [1.29, 1.82) is 0 Å². The molecule has 1 heterocycles. The van der Waals surface area contributed by atoms with E-state index in [1.165, 1.54) is 11.5 Å². The molecule has 0 aliphatic rings. The summed E-state index contributed by atoms with van der Waals surface area (Å²) in [6.07, 6.45) is -0.536. The van der Waals surface area contributed by atoms with Crippen LogP contribution in [0.3, 0.4) is 0 Å². The Morgan fingerprint density at radius 3 is 2.57 bits per heavy atom. The lowest BCUT2D eigenvalue weighted by Gasteiger charge is -2.22. The van der Waals surface area contributed by atoms with E-state index in [1.54, 1.807) is 0 Å². The highest BCUT2D eigenvalue weighted by molar-refractivity contribution is 7.03. The predicted molar refractivity (Wildman–Crippen MR) is 84.6 cm³/mol. The molecule has 0 fully saturated rings. The van der Waals surface area contributed by atoms with E-state index >= 15 is 0 Å². The van der Waals surface area contributed by atoms with E-state index in [2.05, 4.69) is 35.7 Å². The van der Waals surface area contributed by atoms with Gasteiger partial charge in [0.2, 0.25) is 0 Å². The normalized spacial score (nSPS) is 13.1. The molecule has 2 aromatic rings. The fourth-order valence-electron chi connectivity index (χ4n) is 1.69. The Kier molecular flexibility index (Phi) is 5.27. The quantitative estimate of drug-likeness (QED) is 0.857. The summed E-state index contributed by atoms with van der Waals surface area (Å²) in [6, 6.07) is 7.62. The van der Waals surface area contributed by atoms with E-state index in [0.717, 1.165) is 17.0 Å². The molecule has 0 spiro atoms. The highest BCUT2D eigenvalue weighted by Gasteiger charge is 2.12. The highest BCUT2D eigenvalue weighted by Crippen LogP contribution is 2.21. The van der Waals surface area contributed by atoms with Crippen LogP contribution < -0.4 is 10.1 Å². The summed E-state index contributed by atoms with van der Waals surface area (Å²) in [5.74, 6) is 0.733. The smallest absolute Gasteiger partial charge is 0.119 e. The second-order valence-corrected chi connectivity index (χ2v) is 6.52. The summed E-state index contributed by atoms with van der Waals surface area (Å²) in [6.45, 7) is 6.96. The molecule has 0 saturated heterocycles. The summed E-state index contributed by atoms with van der Waals surface area (Å²) >= 11 is 1.33. The maximum absolute atomic E-state index is 9.87. The Bertz CT molecular complexity index is 535. The van der Waals surface area contributed by atoms with Crippen LogP contribution in [-0.2, 0) is 0 Å². The molecule has 0 unspecified atom stereocenters. The number of aliphatic hydroxyl groups excluding tert-OH is 1. The fraction of sp³-hybridized carbons (Fsp3) is 0.467. The summed E-state index contributed by atoms with van der Waals surface area (Å²) in [5.41, 5.74) is 1.86.